The summed E-state index contributed by atoms with van der Waals surface area (Å²) in [6.07, 6.45) is 3.05. The molecule has 0 saturated heterocycles. The molecule has 178 valence electrons. The average molecular weight is 474 g/mol. The van der Waals surface area contributed by atoms with Crippen LogP contribution in [0.25, 0.3) is 22.5 Å². The molecule has 1 fully saturated rings. The number of tetrazole rings is 1. The number of pyridine rings is 1. The number of rotatable bonds is 8. The third kappa shape index (κ3) is 4.30. The number of carbonyl (C=O) groups excluding carboxylic acids is 1. The Morgan fingerprint density at radius 3 is 2.66 bits per heavy atom. The van der Waals surface area contributed by atoms with Crippen molar-refractivity contribution >= 4 is 11.6 Å². The summed E-state index contributed by atoms with van der Waals surface area (Å²) in [5.74, 6) is 0.411. The molecule has 2 heterocycles. The van der Waals surface area contributed by atoms with Crippen molar-refractivity contribution in [3.05, 3.63) is 66.1 Å². The molecule has 4 aromatic rings. The lowest BCUT2D eigenvalue weighted by molar-refractivity contribution is -0.118. The van der Waals surface area contributed by atoms with Gasteiger partial charge in [-0.3, -0.25) is 4.79 Å². The maximum atomic E-state index is 13.9. The second-order valence-corrected chi connectivity index (χ2v) is 8.20. The van der Waals surface area contributed by atoms with Gasteiger partial charge in [-0.05, 0) is 66.4 Å². The fraction of sp³-hybridized carbons (Fsp3) is 0.240. The first-order chi connectivity index (χ1) is 17.0. The summed E-state index contributed by atoms with van der Waals surface area (Å²) in [6, 6.07) is 13.7. The molecular formula is C25H23FN6O3. The molecule has 35 heavy (non-hydrogen) atoms. The van der Waals surface area contributed by atoms with Crippen LogP contribution in [-0.2, 0) is 10.2 Å². The SMILES string of the molecule is CCOc1ccc(-c2ccc(NC(=O)C3(c4ccc(F)c(OC)c4)CC3)cc2-c2nn[nH]n2)cn1. The summed E-state index contributed by atoms with van der Waals surface area (Å²) < 4.78 is 24.4. The molecule has 1 aliphatic rings. The molecule has 0 atom stereocenters. The van der Waals surface area contributed by atoms with E-state index in [0.717, 1.165) is 16.7 Å². The standard InChI is InChI=1S/C25H23FN6O3/c1-3-35-22-9-4-15(14-27-22)18-7-6-17(13-19(18)23-29-31-32-30-23)28-24(33)25(10-11-25)16-5-8-20(26)21(12-16)34-2/h4-9,12-14H,3,10-11H2,1-2H3,(H,28,33)(H,29,30,31,32). The van der Waals surface area contributed by atoms with Crippen molar-refractivity contribution in [2.75, 3.05) is 19.0 Å². The Morgan fingerprint density at radius 1 is 1.14 bits per heavy atom. The van der Waals surface area contributed by atoms with E-state index >= 15 is 0 Å². The number of carbonyl (C=O) groups is 1. The number of aromatic amines is 1. The van der Waals surface area contributed by atoms with E-state index in [-0.39, 0.29) is 11.7 Å². The fourth-order valence-corrected chi connectivity index (χ4v) is 4.09. The Morgan fingerprint density at radius 2 is 2.00 bits per heavy atom. The highest BCUT2D eigenvalue weighted by Crippen LogP contribution is 2.50. The van der Waals surface area contributed by atoms with Crippen LogP contribution >= 0.6 is 0 Å². The lowest BCUT2D eigenvalue weighted by atomic mass is 9.94. The zero-order chi connectivity index (χ0) is 24.4. The van der Waals surface area contributed by atoms with Crippen LogP contribution in [0.5, 0.6) is 11.6 Å². The first-order valence-electron chi connectivity index (χ1n) is 11.2. The number of aromatic nitrogens is 5. The molecule has 2 aromatic heterocycles. The second-order valence-electron chi connectivity index (χ2n) is 8.20. The van der Waals surface area contributed by atoms with E-state index in [2.05, 4.69) is 30.9 Å². The first kappa shape index (κ1) is 22.5. The molecule has 0 unspecified atom stereocenters. The van der Waals surface area contributed by atoms with Gasteiger partial charge in [0.25, 0.3) is 0 Å². The molecule has 5 rings (SSSR count). The van der Waals surface area contributed by atoms with Crippen LogP contribution in [0.4, 0.5) is 10.1 Å². The first-order valence-corrected chi connectivity index (χ1v) is 11.2. The Labute approximate surface area is 200 Å². The summed E-state index contributed by atoms with van der Waals surface area (Å²) in [5, 5.41) is 17.4. The number of halogens is 1. The van der Waals surface area contributed by atoms with E-state index in [1.165, 1.54) is 13.2 Å². The smallest absolute Gasteiger partial charge is 0.235 e. The third-order valence-corrected chi connectivity index (χ3v) is 6.09. The van der Waals surface area contributed by atoms with Crippen molar-refractivity contribution in [2.45, 2.75) is 25.2 Å². The van der Waals surface area contributed by atoms with Gasteiger partial charge >= 0.3 is 0 Å². The fourth-order valence-electron chi connectivity index (χ4n) is 4.09. The molecule has 10 heteroatoms. The number of ether oxygens (including phenoxy) is 2. The minimum atomic E-state index is -0.717. The molecule has 1 saturated carbocycles. The van der Waals surface area contributed by atoms with Crippen LogP contribution in [0.3, 0.4) is 0 Å². The average Bonchev–Trinajstić information content (AvgIpc) is 3.51. The predicted molar refractivity (Wildman–Crippen MR) is 127 cm³/mol. The number of hydrogen-bond donors (Lipinski definition) is 2. The Hall–Kier alpha value is -4.34. The van der Waals surface area contributed by atoms with Gasteiger partial charge in [0, 0.05) is 29.1 Å². The van der Waals surface area contributed by atoms with Crippen LogP contribution < -0.4 is 14.8 Å². The highest BCUT2D eigenvalue weighted by atomic mass is 19.1. The molecule has 9 nitrogen and oxygen atoms in total. The number of nitrogens with one attached hydrogen (secondary N) is 2. The molecule has 0 spiro atoms. The quantitative estimate of drug-likeness (QED) is 0.394. The zero-order valence-electron chi connectivity index (χ0n) is 19.2. The van der Waals surface area contributed by atoms with Gasteiger partial charge in [0.05, 0.1) is 19.1 Å². The minimum Gasteiger partial charge on any atom is -0.494 e. The second kappa shape index (κ2) is 9.13. The summed E-state index contributed by atoms with van der Waals surface area (Å²) >= 11 is 0. The number of hydrogen-bond acceptors (Lipinski definition) is 7. The normalized spacial score (nSPS) is 13.8. The van der Waals surface area contributed by atoms with Gasteiger partial charge in [0.2, 0.25) is 17.6 Å². The monoisotopic (exact) mass is 474 g/mol. The Bertz CT molecular complexity index is 1350. The molecule has 0 bridgehead atoms. The van der Waals surface area contributed by atoms with E-state index in [4.69, 9.17) is 9.47 Å². The van der Waals surface area contributed by atoms with E-state index < -0.39 is 11.2 Å². The number of anilines is 1. The van der Waals surface area contributed by atoms with Gasteiger partial charge in [-0.1, -0.05) is 12.1 Å². The number of H-pyrrole nitrogens is 1. The minimum absolute atomic E-state index is 0.120. The van der Waals surface area contributed by atoms with E-state index in [9.17, 15) is 9.18 Å². The maximum Gasteiger partial charge on any atom is 0.235 e. The summed E-state index contributed by atoms with van der Waals surface area (Å²) in [6.45, 7) is 2.43. The summed E-state index contributed by atoms with van der Waals surface area (Å²) in [4.78, 5) is 17.7. The third-order valence-electron chi connectivity index (χ3n) is 6.09. The lowest BCUT2D eigenvalue weighted by Gasteiger charge is -2.18. The maximum absolute atomic E-state index is 13.9. The zero-order valence-corrected chi connectivity index (χ0v) is 19.2. The highest BCUT2D eigenvalue weighted by Gasteiger charge is 2.51. The molecule has 2 N–H and O–H groups in total. The van der Waals surface area contributed by atoms with Gasteiger partial charge in [-0.2, -0.15) is 5.21 Å². The van der Waals surface area contributed by atoms with Crippen molar-refractivity contribution in [1.29, 1.82) is 0 Å². The van der Waals surface area contributed by atoms with Gasteiger partial charge in [0.1, 0.15) is 0 Å². The number of methoxy groups -OCH3 is 1. The number of benzene rings is 2. The van der Waals surface area contributed by atoms with Crippen LogP contribution in [0.2, 0.25) is 0 Å². The van der Waals surface area contributed by atoms with Crippen LogP contribution in [0.15, 0.2) is 54.7 Å². The van der Waals surface area contributed by atoms with Crippen LogP contribution in [0.1, 0.15) is 25.3 Å². The largest absolute Gasteiger partial charge is 0.494 e. The summed E-state index contributed by atoms with van der Waals surface area (Å²) in [7, 11) is 1.41. The topological polar surface area (TPSA) is 115 Å². The molecule has 1 aliphatic carbocycles. The van der Waals surface area contributed by atoms with Crippen molar-refractivity contribution < 1.29 is 18.7 Å². The van der Waals surface area contributed by atoms with Gasteiger partial charge in [0.15, 0.2) is 11.6 Å². The van der Waals surface area contributed by atoms with E-state index in [1.807, 2.05) is 25.1 Å². The Kier molecular flexibility index (Phi) is 5.86. The lowest BCUT2D eigenvalue weighted by Crippen LogP contribution is -2.28. The number of nitrogens with zero attached hydrogens (tertiary/aromatic N) is 4. The molecule has 1 amide bonds. The van der Waals surface area contributed by atoms with Crippen molar-refractivity contribution in [3.8, 4) is 34.1 Å². The van der Waals surface area contributed by atoms with E-state index in [1.54, 1.807) is 30.5 Å². The predicted octanol–water partition coefficient (Wildman–Crippen LogP) is 4.15. The van der Waals surface area contributed by atoms with Crippen LogP contribution in [0, 0.1) is 5.82 Å². The van der Waals surface area contributed by atoms with Gasteiger partial charge < -0.3 is 14.8 Å². The van der Waals surface area contributed by atoms with Gasteiger partial charge in [-0.15, -0.1) is 10.2 Å². The summed E-state index contributed by atoms with van der Waals surface area (Å²) in [5.41, 5.74) is 2.93. The van der Waals surface area contributed by atoms with Crippen molar-refractivity contribution in [3.63, 3.8) is 0 Å². The Balaban J connectivity index is 1.45. The highest BCUT2D eigenvalue weighted by molar-refractivity contribution is 6.02. The molecular weight excluding hydrogens is 451 g/mol. The number of amides is 1. The van der Waals surface area contributed by atoms with Gasteiger partial charge in [-0.25, -0.2) is 9.37 Å². The van der Waals surface area contributed by atoms with E-state index in [0.29, 0.717) is 42.4 Å². The van der Waals surface area contributed by atoms with Crippen LogP contribution in [-0.4, -0.2) is 45.2 Å². The molecule has 0 radical (unpaired) electrons. The van der Waals surface area contributed by atoms with Crippen molar-refractivity contribution in [2.24, 2.45) is 0 Å². The molecule has 2 aromatic carbocycles. The molecule has 0 aliphatic heterocycles. The van der Waals surface area contributed by atoms with Crippen molar-refractivity contribution in [1.82, 2.24) is 25.6 Å².